The van der Waals surface area contributed by atoms with E-state index in [1.807, 2.05) is 0 Å². The zero-order valence-corrected chi connectivity index (χ0v) is 13.0. The molecule has 1 heterocycles. The Morgan fingerprint density at radius 2 is 2.08 bits per heavy atom. The molecule has 1 amide bonds. The van der Waals surface area contributed by atoms with Crippen molar-refractivity contribution in [2.75, 3.05) is 6.54 Å². The van der Waals surface area contributed by atoms with Crippen molar-refractivity contribution in [1.29, 1.82) is 0 Å². The predicted octanol–water partition coefficient (Wildman–Crippen LogP) is -1.22. The van der Waals surface area contributed by atoms with Crippen molar-refractivity contribution >= 4 is 16.1 Å². The quantitative estimate of drug-likeness (QED) is 0.539. The van der Waals surface area contributed by atoms with Gasteiger partial charge in [-0.25, -0.2) is 18.4 Å². The van der Waals surface area contributed by atoms with Gasteiger partial charge in [0.1, 0.15) is 6.61 Å². The number of nitrogens with zero attached hydrogens (tertiary/aromatic N) is 2. The maximum atomic E-state index is 11.6. The number of ether oxygens (including phenoxy) is 1. The number of hydrogen-bond acceptors (Lipinski definition) is 8. The number of benzene rings is 1. The van der Waals surface area contributed by atoms with Gasteiger partial charge in [-0.2, -0.15) is 0 Å². The Kier molecular flexibility index (Phi) is 5.33. The molecule has 24 heavy (non-hydrogen) atoms. The Labute approximate surface area is 136 Å². The topological polar surface area (TPSA) is 172 Å². The second-order valence-corrected chi connectivity index (χ2v) is 6.16. The molecular formula is C12H14N4O7S. The van der Waals surface area contributed by atoms with Crippen LogP contribution in [-0.2, 0) is 23.1 Å². The minimum Gasteiger partial charge on any atom is -0.387 e. The van der Waals surface area contributed by atoms with Gasteiger partial charge in [0.05, 0.1) is 4.90 Å². The van der Waals surface area contributed by atoms with Crippen LogP contribution < -0.4 is 20.1 Å². The summed E-state index contributed by atoms with van der Waals surface area (Å²) in [5.74, 6) is -0.549. The summed E-state index contributed by atoms with van der Waals surface area (Å²) in [7, 11) is -3.75. The number of carbonyl (C=O) groups excluding carboxylic acids is 1. The smallest absolute Gasteiger partial charge is 0.387 e. The van der Waals surface area contributed by atoms with Crippen LogP contribution in [0.2, 0.25) is 0 Å². The maximum Gasteiger partial charge on any atom is 0.415 e. The summed E-state index contributed by atoms with van der Waals surface area (Å²) in [6.45, 7) is -0.468. The molecule has 0 unspecified atom stereocenters. The van der Waals surface area contributed by atoms with Crippen LogP contribution >= 0.6 is 0 Å². The maximum absolute atomic E-state index is 11.6. The molecular weight excluding hydrogens is 344 g/mol. The van der Waals surface area contributed by atoms with E-state index >= 15 is 0 Å². The van der Waals surface area contributed by atoms with Gasteiger partial charge in [0, 0.05) is 11.7 Å². The van der Waals surface area contributed by atoms with Gasteiger partial charge in [0.25, 0.3) is 5.69 Å². The van der Waals surface area contributed by atoms with E-state index in [1.54, 1.807) is 12.1 Å². The summed E-state index contributed by atoms with van der Waals surface area (Å²) in [6, 6.07) is 5.83. The van der Waals surface area contributed by atoms with E-state index in [0.29, 0.717) is 6.42 Å². The fraction of sp³-hybridized carbons (Fsp3) is 0.250. The molecule has 0 saturated heterocycles. The summed E-state index contributed by atoms with van der Waals surface area (Å²) >= 11 is 0. The van der Waals surface area contributed by atoms with Crippen molar-refractivity contribution < 1.29 is 32.6 Å². The molecule has 0 fully saturated rings. The first-order valence-electron chi connectivity index (χ1n) is 6.58. The molecule has 4 N–H and O–H groups in total. The first-order chi connectivity index (χ1) is 11.3. The number of nitrogens with two attached hydrogens (primary N) is 1. The van der Waals surface area contributed by atoms with E-state index in [2.05, 4.69) is 15.1 Å². The number of rotatable bonds is 6. The Morgan fingerprint density at radius 3 is 2.67 bits per heavy atom. The molecule has 0 radical (unpaired) electrons. The standard InChI is InChI=1S/C12H14N4O7S/c13-24(20,21)9-3-1-8(2-4-9)5-6-14-12(18)22-11-10(7-17)15-23-16(11)19/h1-4,17H,5-7H2,(H,14,18)(H2,13,20,21). The highest BCUT2D eigenvalue weighted by Crippen LogP contribution is 2.11. The van der Waals surface area contributed by atoms with Crippen molar-refractivity contribution in [3.8, 4) is 5.88 Å². The molecule has 0 saturated carbocycles. The lowest BCUT2D eigenvalue weighted by molar-refractivity contribution is -0.804. The molecule has 1 aromatic heterocycles. The van der Waals surface area contributed by atoms with Crippen molar-refractivity contribution in [2.24, 2.45) is 5.14 Å². The second-order valence-electron chi connectivity index (χ2n) is 4.60. The number of carbonyl (C=O) groups is 1. The Bertz CT molecular complexity index is 816. The van der Waals surface area contributed by atoms with Gasteiger partial charge >= 0.3 is 12.0 Å². The first kappa shape index (κ1) is 17.7. The highest BCUT2D eigenvalue weighted by molar-refractivity contribution is 7.89. The van der Waals surface area contributed by atoms with Crippen molar-refractivity contribution in [3.63, 3.8) is 0 Å². The molecule has 0 spiro atoms. The molecule has 11 nitrogen and oxygen atoms in total. The van der Waals surface area contributed by atoms with Crippen LogP contribution in [0.25, 0.3) is 0 Å². The fourth-order valence-corrected chi connectivity index (χ4v) is 2.25. The zero-order chi connectivity index (χ0) is 17.7. The Hall–Kier alpha value is -2.70. The lowest BCUT2D eigenvalue weighted by Crippen LogP contribution is -2.34. The van der Waals surface area contributed by atoms with Gasteiger partial charge in [-0.15, -0.1) is 0 Å². The lowest BCUT2D eigenvalue weighted by Gasteiger charge is -2.05. The Morgan fingerprint density at radius 1 is 1.42 bits per heavy atom. The van der Waals surface area contributed by atoms with Crippen molar-refractivity contribution in [3.05, 3.63) is 40.7 Å². The third-order valence-electron chi connectivity index (χ3n) is 2.91. The minimum absolute atomic E-state index is 0.0115. The predicted molar refractivity (Wildman–Crippen MR) is 76.9 cm³/mol. The normalized spacial score (nSPS) is 11.2. The van der Waals surface area contributed by atoms with Crippen LogP contribution in [0.4, 0.5) is 4.79 Å². The Balaban J connectivity index is 1.85. The average Bonchev–Trinajstić information content (AvgIpc) is 2.87. The highest BCUT2D eigenvalue weighted by Gasteiger charge is 2.23. The fourth-order valence-electron chi connectivity index (χ4n) is 1.74. The molecule has 0 aliphatic heterocycles. The molecule has 0 bridgehead atoms. The summed E-state index contributed by atoms with van der Waals surface area (Å²) in [5.41, 5.74) is 0.543. The molecule has 0 aliphatic rings. The number of aromatic nitrogens is 2. The highest BCUT2D eigenvalue weighted by atomic mass is 32.2. The van der Waals surface area contributed by atoms with E-state index in [-0.39, 0.29) is 22.0 Å². The third-order valence-corrected chi connectivity index (χ3v) is 3.84. The first-order valence-corrected chi connectivity index (χ1v) is 8.13. The summed E-state index contributed by atoms with van der Waals surface area (Å²) in [5, 5.41) is 30.6. The lowest BCUT2D eigenvalue weighted by atomic mass is 10.1. The van der Waals surface area contributed by atoms with Gasteiger partial charge in [0.2, 0.25) is 10.0 Å². The van der Waals surface area contributed by atoms with Crippen LogP contribution in [0, 0.1) is 5.21 Å². The van der Waals surface area contributed by atoms with Crippen LogP contribution in [0.1, 0.15) is 11.3 Å². The molecule has 2 aromatic rings. The molecule has 12 heteroatoms. The number of primary sulfonamides is 1. The molecule has 0 aliphatic carbocycles. The summed E-state index contributed by atoms with van der Waals surface area (Å²) < 4.78 is 31.1. The van der Waals surface area contributed by atoms with Crippen LogP contribution in [-0.4, -0.2) is 31.3 Å². The number of nitrogens with one attached hydrogen (secondary N) is 1. The van der Waals surface area contributed by atoms with Gasteiger partial charge in [0.15, 0.2) is 0 Å². The van der Waals surface area contributed by atoms with Crippen LogP contribution in [0.3, 0.4) is 0 Å². The minimum atomic E-state index is -3.75. The number of hydrogen-bond donors (Lipinski definition) is 3. The second kappa shape index (κ2) is 7.25. The zero-order valence-electron chi connectivity index (χ0n) is 12.2. The number of aliphatic hydroxyl groups is 1. The van der Waals surface area contributed by atoms with Crippen LogP contribution in [0.5, 0.6) is 5.88 Å². The van der Waals surface area contributed by atoms with E-state index in [4.69, 9.17) is 15.0 Å². The molecule has 0 atom stereocenters. The molecule has 130 valence electrons. The van der Waals surface area contributed by atoms with Crippen molar-refractivity contribution in [2.45, 2.75) is 17.9 Å². The SMILES string of the molecule is NS(=O)(=O)c1ccc(CCNC(=O)Oc2c(CO)no[n+]2[O-])cc1. The van der Waals surface area contributed by atoms with Crippen LogP contribution in [0.15, 0.2) is 33.8 Å². The van der Waals surface area contributed by atoms with Gasteiger partial charge in [-0.3, -0.25) is 4.63 Å². The van der Waals surface area contributed by atoms with E-state index in [1.165, 1.54) is 12.1 Å². The monoisotopic (exact) mass is 358 g/mol. The van der Waals surface area contributed by atoms with Gasteiger partial charge in [-0.05, 0) is 29.0 Å². The summed E-state index contributed by atoms with van der Waals surface area (Å²) in [6.07, 6.45) is -0.549. The number of amides is 1. The number of sulfonamides is 1. The largest absolute Gasteiger partial charge is 0.415 e. The molecule has 2 rings (SSSR count). The van der Waals surface area contributed by atoms with Gasteiger partial charge in [-0.1, -0.05) is 12.1 Å². The van der Waals surface area contributed by atoms with E-state index < -0.39 is 28.6 Å². The van der Waals surface area contributed by atoms with Crippen molar-refractivity contribution in [1.82, 2.24) is 10.5 Å². The van der Waals surface area contributed by atoms with E-state index in [9.17, 15) is 18.4 Å². The molecule has 1 aromatic carbocycles. The number of aliphatic hydroxyl groups excluding tert-OH is 1. The third kappa shape index (κ3) is 4.41. The van der Waals surface area contributed by atoms with E-state index in [0.717, 1.165) is 5.56 Å². The summed E-state index contributed by atoms with van der Waals surface area (Å²) in [4.78, 5) is 11.4. The van der Waals surface area contributed by atoms with Gasteiger partial charge < -0.3 is 20.4 Å². The average molecular weight is 358 g/mol.